The van der Waals surface area contributed by atoms with Crippen molar-refractivity contribution in [3.8, 4) is 0 Å². The smallest absolute Gasteiger partial charge is 0.0898 e. The van der Waals surface area contributed by atoms with Crippen LogP contribution in [0.15, 0.2) is 60.7 Å². The molecule has 0 fully saturated rings. The molecule has 0 atom stereocenters. The molecule has 0 aliphatic rings. The minimum atomic E-state index is 1.19. The van der Waals surface area contributed by atoms with E-state index in [1.807, 2.05) is 34.0 Å². The number of unbranched alkanes of at least 4 members (excludes halogenated alkanes) is 4. The summed E-state index contributed by atoms with van der Waals surface area (Å²) in [6.07, 6.45) is 10.2. The van der Waals surface area contributed by atoms with Gasteiger partial charge in [0.15, 0.2) is 0 Å². The van der Waals surface area contributed by atoms with Crippen LogP contribution in [0, 0.1) is 0 Å². The molecule has 0 amide bonds. The monoisotopic (exact) mass is 536 g/mol. The second-order valence-corrected chi connectivity index (χ2v) is 14.0. The summed E-state index contributed by atoms with van der Waals surface area (Å²) < 4.78 is 7.29. The average Bonchev–Trinajstić information content (AvgIpc) is 3.54. The molecule has 0 aliphatic heterocycles. The molecule has 0 aliphatic carbocycles. The van der Waals surface area contributed by atoms with Crippen LogP contribution in [0.25, 0.3) is 60.5 Å². The van der Waals surface area contributed by atoms with Crippen molar-refractivity contribution in [1.82, 2.24) is 0 Å². The van der Waals surface area contributed by atoms with Gasteiger partial charge in [-0.15, -0.1) is 34.0 Å². The number of benzene rings is 4. The maximum atomic E-state index is 2.45. The summed E-state index contributed by atoms with van der Waals surface area (Å²) in [7, 11) is 0. The van der Waals surface area contributed by atoms with E-state index in [2.05, 4.69) is 74.5 Å². The minimum absolute atomic E-state index is 1.19. The Morgan fingerprint density at radius 1 is 0.514 bits per heavy atom. The third-order valence-electron chi connectivity index (χ3n) is 7.91. The second-order valence-electron chi connectivity index (χ2n) is 10.6. The predicted octanol–water partition coefficient (Wildman–Crippen LogP) is 12.3. The van der Waals surface area contributed by atoms with E-state index in [1.165, 1.54) is 123 Å². The SMILES string of the molecule is CCCCCc1ccc2cc3c(cc2c1)sc1c3sc2sc3cc4cc(CCCCC)ccc4cc3c21. The molecule has 0 bridgehead atoms. The molecule has 7 aromatic rings. The Balaban J connectivity index is 1.34. The van der Waals surface area contributed by atoms with Crippen LogP contribution in [0.2, 0.25) is 0 Å². The summed E-state index contributed by atoms with van der Waals surface area (Å²) >= 11 is 5.98. The van der Waals surface area contributed by atoms with Crippen molar-refractivity contribution in [2.24, 2.45) is 0 Å². The van der Waals surface area contributed by atoms with Crippen LogP contribution in [0.5, 0.6) is 0 Å². The third-order valence-corrected chi connectivity index (χ3v) is 11.7. The Labute approximate surface area is 230 Å². The molecule has 7 rings (SSSR count). The van der Waals surface area contributed by atoms with Gasteiger partial charge >= 0.3 is 0 Å². The van der Waals surface area contributed by atoms with Crippen LogP contribution in [0.3, 0.4) is 0 Å². The second kappa shape index (κ2) is 9.69. The van der Waals surface area contributed by atoms with Gasteiger partial charge in [-0.2, -0.15) is 0 Å². The molecule has 0 radical (unpaired) electrons. The van der Waals surface area contributed by atoms with Crippen molar-refractivity contribution in [2.45, 2.75) is 65.2 Å². The Hall–Kier alpha value is -2.46. The van der Waals surface area contributed by atoms with Crippen molar-refractivity contribution in [3.63, 3.8) is 0 Å². The van der Waals surface area contributed by atoms with E-state index < -0.39 is 0 Å². The Morgan fingerprint density at radius 3 is 1.73 bits per heavy atom. The maximum Gasteiger partial charge on any atom is 0.0898 e. The lowest BCUT2D eigenvalue weighted by atomic mass is 10.0. The number of aryl methyl sites for hydroxylation is 2. The topological polar surface area (TPSA) is 0 Å². The standard InChI is InChI=1S/C34H32S3/c1-3-5-7-9-21-11-13-23-17-27-29(19-25(23)15-21)36-34-31(27)33-32(37-34)28-18-24-14-12-22(10-8-6-4-2)16-26(24)20-30(28)35-33/h11-20H,3-10H2,1-2H3. The molecule has 186 valence electrons. The van der Waals surface area contributed by atoms with E-state index in [-0.39, 0.29) is 0 Å². The molecular weight excluding hydrogens is 505 g/mol. The normalized spacial score (nSPS) is 12.4. The van der Waals surface area contributed by atoms with Gasteiger partial charge in [0.2, 0.25) is 0 Å². The fourth-order valence-electron chi connectivity index (χ4n) is 5.85. The van der Waals surface area contributed by atoms with Gasteiger partial charge < -0.3 is 0 Å². The summed E-state index contributed by atoms with van der Waals surface area (Å²) in [5.74, 6) is 0. The quantitative estimate of drug-likeness (QED) is 0.169. The lowest BCUT2D eigenvalue weighted by molar-refractivity contribution is 0.718. The van der Waals surface area contributed by atoms with Gasteiger partial charge in [-0.05, 0) is 82.6 Å². The molecule has 0 saturated heterocycles. The minimum Gasteiger partial charge on any atom is -0.134 e. The zero-order valence-electron chi connectivity index (χ0n) is 21.7. The molecule has 0 N–H and O–H groups in total. The molecule has 0 unspecified atom stereocenters. The summed E-state index contributed by atoms with van der Waals surface area (Å²) in [6, 6.07) is 24.0. The number of hydrogen-bond acceptors (Lipinski definition) is 3. The van der Waals surface area contributed by atoms with E-state index in [4.69, 9.17) is 0 Å². The largest absolute Gasteiger partial charge is 0.134 e. The van der Waals surface area contributed by atoms with Crippen LogP contribution >= 0.6 is 34.0 Å². The fraction of sp³-hybridized carbons (Fsp3) is 0.294. The summed E-state index contributed by atoms with van der Waals surface area (Å²) in [6.45, 7) is 4.56. The highest BCUT2D eigenvalue weighted by Crippen LogP contribution is 2.51. The van der Waals surface area contributed by atoms with Gasteiger partial charge in [-0.1, -0.05) is 75.9 Å². The number of thiophene rings is 3. The van der Waals surface area contributed by atoms with E-state index in [9.17, 15) is 0 Å². The Kier molecular flexibility index (Phi) is 6.19. The van der Waals surface area contributed by atoms with Crippen LogP contribution in [-0.4, -0.2) is 0 Å². The zero-order chi connectivity index (χ0) is 24.9. The molecule has 4 aromatic carbocycles. The van der Waals surface area contributed by atoms with Crippen molar-refractivity contribution in [2.75, 3.05) is 0 Å². The molecular formula is C34H32S3. The predicted molar refractivity (Wildman–Crippen MR) is 172 cm³/mol. The number of fused-ring (bicyclic) bond motifs is 9. The molecule has 0 spiro atoms. The van der Waals surface area contributed by atoms with Crippen LogP contribution in [0.4, 0.5) is 0 Å². The first-order chi connectivity index (χ1) is 18.2. The molecule has 0 nitrogen and oxygen atoms in total. The van der Waals surface area contributed by atoms with E-state index in [0.717, 1.165) is 0 Å². The highest BCUT2D eigenvalue weighted by atomic mass is 32.2. The third kappa shape index (κ3) is 4.16. The van der Waals surface area contributed by atoms with Crippen molar-refractivity contribution in [3.05, 3.63) is 71.8 Å². The summed E-state index contributed by atoms with van der Waals surface area (Å²) in [5.41, 5.74) is 2.96. The molecule has 37 heavy (non-hydrogen) atoms. The highest BCUT2D eigenvalue weighted by Gasteiger charge is 2.18. The van der Waals surface area contributed by atoms with Crippen LogP contribution in [-0.2, 0) is 12.8 Å². The fourth-order valence-corrected chi connectivity index (χ4v) is 10.1. The van der Waals surface area contributed by atoms with Crippen LogP contribution < -0.4 is 0 Å². The summed E-state index contributed by atoms with van der Waals surface area (Å²) in [5, 5.41) is 9.88. The van der Waals surface area contributed by atoms with Crippen LogP contribution in [0.1, 0.15) is 63.5 Å². The first kappa shape index (κ1) is 23.6. The van der Waals surface area contributed by atoms with Gasteiger partial charge in [-0.3, -0.25) is 0 Å². The van der Waals surface area contributed by atoms with Gasteiger partial charge in [0.25, 0.3) is 0 Å². The average molecular weight is 537 g/mol. The molecule has 3 heterocycles. The van der Waals surface area contributed by atoms with Gasteiger partial charge in [0.1, 0.15) is 0 Å². The zero-order valence-corrected chi connectivity index (χ0v) is 24.1. The van der Waals surface area contributed by atoms with Gasteiger partial charge in [0, 0.05) is 25.6 Å². The lowest BCUT2D eigenvalue weighted by Gasteiger charge is -2.04. The number of hydrogen-bond donors (Lipinski definition) is 0. The van der Waals surface area contributed by atoms with Crippen molar-refractivity contribution in [1.29, 1.82) is 0 Å². The van der Waals surface area contributed by atoms with E-state index in [1.54, 1.807) is 0 Å². The van der Waals surface area contributed by atoms with Crippen molar-refractivity contribution >= 4 is 94.5 Å². The first-order valence-corrected chi connectivity index (χ1v) is 16.3. The van der Waals surface area contributed by atoms with E-state index >= 15 is 0 Å². The molecule has 3 aromatic heterocycles. The highest BCUT2D eigenvalue weighted by molar-refractivity contribution is 7.47. The molecule has 0 saturated carbocycles. The van der Waals surface area contributed by atoms with Gasteiger partial charge in [0.05, 0.1) is 13.4 Å². The first-order valence-electron chi connectivity index (χ1n) is 13.9. The lowest BCUT2D eigenvalue weighted by Crippen LogP contribution is -1.85. The van der Waals surface area contributed by atoms with E-state index in [0.29, 0.717) is 0 Å². The number of rotatable bonds is 8. The maximum absolute atomic E-state index is 2.45. The van der Waals surface area contributed by atoms with Crippen molar-refractivity contribution < 1.29 is 0 Å². The van der Waals surface area contributed by atoms with Gasteiger partial charge in [-0.25, -0.2) is 0 Å². The molecule has 3 heteroatoms. The summed E-state index contributed by atoms with van der Waals surface area (Å²) in [4.78, 5) is 0. The Morgan fingerprint density at radius 2 is 1.11 bits per heavy atom. The Bertz CT molecular complexity index is 1910.